The molecule has 0 radical (unpaired) electrons. The molecule has 90 valence electrons. The van der Waals surface area contributed by atoms with Crippen molar-refractivity contribution in [2.45, 2.75) is 5.75 Å². The Kier molecular flexibility index (Phi) is 2.82. The molecule has 1 aromatic heterocycles. The molecule has 1 aromatic carbocycles. The van der Waals surface area contributed by atoms with Crippen molar-refractivity contribution in [1.82, 2.24) is 4.98 Å². The molecule has 0 unspecified atom stereocenters. The third-order valence-electron chi connectivity index (χ3n) is 2.23. The van der Waals surface area contributed by atoms with Gasteiger partial charge in [-0.1, -0.05) is 0 Å². The minimum absolute atomic E-state index is 0.220. The topological polar surface area (TPSA) is 47.0 Å². The van der Waals surface area contributed by atoms with Gasteiger partial charge in [-0.2, -0.15) is 0 Å². The van der Waals surface area contributed by atoms with Crippen molar-refractivity contribution in [2.24, 2.45) is 0 Å². The number of pyridine rings is 1. The van der Waals surface area contributed by atoms with Gasteiger partial charge in [0.25, 0.3) is 0 Å². The summed E-state index contributed by atoms with van der Waals surface area (Å²) in [5.74, 6) is -2.13. The van der Waals surface area contributed by atoms with Gasteiger partial charge in [0.2, 0.25) is 0 Å². The van der Waals surface area contributed by atoms with Crippen LogP contribution < -0.4 is 0 Å². The first-order valence-electron chi connectivity index (χ1n) is 4.76. The van der Waals surface area contributed by atoms with Gasteiger partial charge < -0.3 is 0 Å². The predicted molar refractivity (Wildman–Crippen MR) is 60.2 cm³/mol. The van der Waals surface area contributed by atoms with Crippen molar-refractivity contribution in [3.05, 3.63) is 41.7 Å². The molecule has 3 nitrogen and oxygen atoms in total. The van der Waals surface area contributed by atoms with Crippen molar-refractivity contribution in [2.75, 3.05) is 6.26 Å². The first-order valence-corrected chi connectivity index (χ1v) is 6.82. The third kappa shape index (κ3) is 2.76. The van der Waals surface area contributed by atoms with Crippen LogP contribution in [-0.2, 0) is 15.6 Å². The standard InChI is InChI=1S/C11H9F2NO2S/c1-17(15,16)6-9-2-7-3-10(12)11(13)4-8(7)5-14-9/h2-5H,6H2,1H3. The van der Waals surface area contributed by atoms with E-state index in [2.05, 4.69) is 4.98 Å². The molecule has 0 N–H and O–H groups in total. The van der Waals surface area contributed by atoms with Gasteiger partial charge in [-0.05, 0) is 23.6 Å². The first kappa shape index (κ1) is 11.9. The number of benzene rings is 1. The summed E-state index contributed by atoms with van der Waals surface area (Å²) < 4.78 is 48.1. The second-order valence-corrected chi connectivity index (χ2v) is 6.00. The lowest BCUT2D eigenvalue weighted by Gasteiger charge is -2.02. The summed E-state index contributed by atoms with van der Waals surface area (Å²) in [6.45, 7) is 0. The molecular weight excluding hydrogens is 248 g/mol. The summed E-state index contributed by atoms with van der Waals surface area (Å²) in [5, 5.41) is 0.860. The van der Waals surface area contributed by atoms with Gasteiger partial charge in [0, 0.05) is 17.8 Å². The highest BCUT2D eigenvalue weighted by Gasteiger charge is 2.09. The number of nitrogens with zero attached hydrogens (tertiary/aromatic N) is 1. The van der Waals surface area contributed by atoms with E-state index in [1.54, 1.807) is 0 Å². The molecule has 0 bridgehead atoms. The molecule has 0 fully saturated rings. The molecule has 0 aliphatic rings. The third-order valence-corrected chi connectivity index (χ3v) is 3.05. The largest absolute Gasteiger partial charge is 0.260 e. The minimum Gasteiger partial charge on any atom is -0.260 e. The second kappa shape index (κ2) is 4.03. The van der Waals surface area contributed by atoms with Gasteiger partial charge in [0.05, 0.1) is 11.4 Å². The van der Waals surface area contributed by atoms with Crippen LogP contribution in [0.1, 0.15) is 5.69 Å². The smallest absolute Gasteiger partial charge is 0.159 e. The fourth-order valence-electron chi connectivity index (χ4n) is 1.53. The molecular formula is C11H9F2NO2S. The molecule has 0 aliphatic heterocycles. The molecule has 0 amide bonds. The van der Waals surface area contributed by atoms with E-state index in [0.29, 0.717) is 16.5 Å². The molecule has 0 atom stereocenters. The summed E-state index contributed by atoms with van der Waals surface area (Å²) in [4.78, 5) is 3.89. The molecule has 0 spiro atoms. The molecule has 1 heterocycles. The van der Waals surface area contributed by atoms with Crippen LogP contribution >= 0.6 is 0 Å². The fourth-order valence-corrected chi connectivity index (χ4v) is 2.23. The molecule has 0 saturated heterocycles. The van der Waals surface area contributed by atoms with Crippen LogP contribution in [0.2, 0.25) is 0 Å². The van der Waals surface area contributed by atoms with Gasteiger partial charge >= 0.3 is 0 Å². The highest BCUT2D eigenvalue weighted by atomic mass is 32.2. The maximum atomic E-state index is 13.0. The van der Waals surface area contributed by atoms with Crippen LogP contribution in [-0.4, -0.2) is 19.7 Å². The first-order chi connectivity index (χ1) is 7.85. The predicted octanol–water partition coefficient (Wildman–Crippen LogP) is 2.06. The highest BCUT2D eigenvalue weighted by molar-refractivity contribution is 7.89. The number of rotatable bonds is 2. The van der Waals surface area contributed by atoms with Crippen LogP contribution in [0.5, 0.6) is 0 Å². The second-order valence-electron chi connectivity index (χ2n) is 3.86. The fraction of sp³-hybridized carbons (Fsp3) is 0.182. The van der Waals surface area contributed by atoms with E-state index >= 15 is 0 Å². The molecule has 2 aromatic rings. The van der Waals surface area contributed by atoms with Crippen molar-refractivity contribution < 1.29 is 17.2 Å². The van der Waals surface area contributed by atoms with E-state index in [4.69, 9.17) is 0 Å². The Morgan fingerprint density at radius 3 is 2.29 bits per heavy atom. The normalized spacial score (nSPS) is 11.9. The van der Waals surface area contributed by atoms with E-state index < -0.39 is 21.5 Å². The lowest BCUT2D eigenvalue weighted by atomic mass is 10.1. The van der Waals surface area contributed by atoms with Gasteiger partial charge in [-0.15, -0.1) is 0 Å². The summed E-state index contributed by atoms with van der Waals surface area (Å²) >= 11 is 0. The summed E-state index contributed by atoms with van der Waals surface area (Å²) in [6, 6.07) is 3.50. The maximum absolute atomic E-state index is 13.0. The van der Waals surface area contributed by atoms with Crippen LogP contribution in [0.3, 0.4) is 0 Å². The lowest BCUT2D eigenvalue weighted by Crippen LogP contribution is -2.02. The molecule has 0 aliphatic carbocycles. The summed E-state index contributed by atoms with van der Waals surface area (Å²) in [5.41, 5.74) is 0.311. The summed E-state index contributed by atoms with van der Waals surface area (Å²) in [6.07, 6.45) is 2.42. The zero-order valence-electron chi connectivity index (χ0n) is 8.94. The highest BCUT2D eigenvalue weighted by Crippen LogP contribution is 2.19. The van der Waals surface area contributed by atoms with Crippen LogP contribution in [0.4, 0.5) is 8.78 Å². The van der Waals surface area contributed by atoms with Crippen molar-refractivity contribution in [3.63, 3.8) is 0 Å². The average molecular weight is 257 g/mol. The van der Waals surface area contributed by atoms with E-state index in [1.165, 1.54) is 12.3 Å². The summed E-state index contributed by atoms with van der Waals surface area (Å²) in [7, 11) is -3.19. The van der Waals surface area contributed by atoms with Crippen LogP contribution in [0, 0.1) is 11.6 Å². The monoisotopic (exact) mass is 257 g/mol. The number of fused-ring (bicyclic) bond motifs is 1. The van der Waals surface area contributed by atoms with Crippen LogP contribution in [0.25, 0.3) is 10.8 Å². The quantitative estimate of drug-likeness (QED) is 0.827. The van der Waals surface area contributed by atoms with Crippen molar-refractivity contribution in [1.29, 1.82) is 0 Å². The molecule has 0 saturated carbocycles. The Labute approximate surface area is 97.0 Å². The SMILES string of the molecule is CS(=O)(=O)Cc1cc2cc(F)c(F)cc2cn1. The van der Waals surface area contributed by atoms with Gasteiger partial charge in [-0.3, -0.25) is 4.98 Å². The van der Waals surface area contributed by atoms with E-state index in [9.17, 15) is 17.2 Å². The number of aromatic nitrogens is 1. The minimum atomic E-state index is -3.19. The Morgan fingerprint density at radius 2 is 1.71 bits per heavy atom. The number of sulfone groups is 1. The van der Waals surface area contributed by atoms with Crippen LogP contribution in [0.15, 0.2) is 24.4 Å². The Hall–Kier alpha value is -1.56. The zero-order valence-corrected chi connectivity index (χ0v) is 9.76. The number of hydrogen-bond acceptors (Lipinski definition) is 3. The Bertz CT molecular complexity index is 683. The van der Waals surface area contributed by atoms with E-state index in [0.717, 1.165) is 18.4 Å². The van der Waals surface area contributed by atoms with Gasteiger partial charge in [-0.25, -0.2) is 17.2 Å². The maximum Gasteiger partial charge on any atom is 0.159 e. The number of halogens is 2. The molecule has 2 rings (SSSR count). The van der Waals surface area contributed by atoms with E-state index in [-0.39, 0.29) is 5.75 Å². The average Bonchev–Trinajstić information content (AvgIpc) is 2.18. The van der Waals surface area contributed by atoms with Gasteiger partial charge in [0.15, 0.2) is 21.5 Å². The van der Waals surface area contributed by atoms with Crippen molar-refractivity contribution >= 4 is 20.6 Å². The zero-order chi connectivity index (χ0) is 12.6. The van der Waals surface area contributed by atoms with E-state index in [1.807, 2.05) is 0 Å². The molecule has 17 heavy (non-hydrogen) atoms. The Morgan fingerprint density at radius 1 is 1.12 bits per heavy atom. The molecule has 6 heteroatoms. The number of hydrogen-bond donors (Lipinski definition) is 0. The Balaban J connectivity index is 2.54. The van der Waals surface area contributed by atoms with Crippen molar-refractivity contribution in [3.8, 4) is 0 Å². The lowest BCUT2D eigenvalue weighted by molar-refractivity contribution is 0.511. The van der Waals surface area contributed by atoms with Gasteiger partial charge in [0.1, 0.15) is 0 Å².